The van der Waals surface area contributed by atoms with E-state index in [2.05, 4.69) is 0 Å². The van der Waals surface area contributed by atoms with Crippen LogP contribution < -0.4 is 4.31 Å². The van der Waals surface area contributed by atoms with Crippen LogP contribution in [0.2, 0.25) is 0 Å². The Bertz CT molecular complexity index is 559. The van der Waals surface area contributed by atoms with Gasteiger partial charge in [-0.2, -0.15) is 0 Å². The van der Waals surface area contributed by atoms with Crippen LogP contribution in [0.5, 0.6) is 0 Å². The zero-order chi connectivity index (χ0) is 13.9. The molecule has 1 rings (SSSR count). The van der Waals surface area contributed by atoms with E-state index in [-0.39, 0.29) is 0 Å². The van der Waals surface area contributed by atoms with Crippen LogP contribution in [0.15, 0.2) is 18.2 Å². The lowest BCUT2D eigenvalue weighted by Gasteiger charge is -2.22. The summed E-state index contributed by atoms with van der Waals surface area (Å²) in [6, 6.07) is 2.33. The summed E-state index contributed by atoms with van der Waals surface area (Å²) in [6.45, 7) is -0.464. The first-order chi connectivity index (χ1) is 8.21. The fourth-order valence-corrected chi connectivity index (χ4v) is 2.26. The van der Waals surface area contributed by atoms with E-state index in [0.717, 1.165) is 18.4 Å². The molecule has 8 heteroatoms. The van der Waals surface area contributed by atoms with Gasteiger partial charge < -0.3 is 5.11 Å². The monoisotopic (exact) mass is 279 g/mol. The molecule has 0 atom stereocenters. The van der Waals surface area contributed by atoms with Gasteiger partial charge in [-0.25, -0.2) is 17.2 Å². The summed E-state index contributed by atoms with van der Waals surface area (Å²) in [5, 5.41) is 8.51. The maximum absolute atomic E-state index is 13.5. The molecule has 0 saturated heterocycles. The Morgan fingerprint density at radius 1 is 1.39 bits per heavy atom. The molecule has 0 bridgehead atoms. The maximum Gasteiger partial charge on any atom is 0.305 e. The lowest BCUT2D eigenvalue weighted by atomic mass is 10.3. The Balaban J connectivity index is 3.18. The van der Waals surface area contributed by atoms with Crippen molar-refractivity contribution in [3.63, 3.8) is 0 Å². The zero-order valence-electron chi connectivity index (χ0n) is 9.43. The van der Waals surface area contributed by atoms with Gasteiger partial charge in [-0.05, 0) is 12.1 Å². The second kappa shape index (κ2) is 5.30. The summed E-state index contributed by atoms with van der Waals surface area (Å²) in [4.78, 5) is 10.4. The molecule has 0 aromatic heterocycles. The summed E-state index contributed by atoms with van der Waals surface area (Å²) in [6.07, 6.45) is 0.280. The lowest BCUT2D eigenvalue weighted by Crippen LogP contribution is -2.32. The number of hydrogen-bond donors (Lipinski definition) is 1. The summed E-state index contributed by atoms with van der Waals surface area (Å²) >= 11 is 0. The van der Waals surface area contributed by atoms with Crippen molar-refractivity contribution >= 4 is 21.7 Å². The van der Waals surface area contributed by atoms with E-state index in [1.807, 2.05) is 0 Å². The van der Waals surface area contributed by atoms with E-state index in [9.17, 15) is 22.0 Å². The van der Waals surface area contributed by atoms with Crippen molar-refractivity contribution in [3.8, 4) is 0 Å². The van der Waals surface area contributed by atoms with Gasteiger partial charge in [0.25, 0.3) is 0 Å². The molecule has 0 saturated carbocycles. The molecular weight excluding hydrogens is 268 g/mol. The first-order valence-electron chi connectivity index (χ1n) is 4.86. The van der Waals surface area contributed by atoms with E-state index in [1.165, 1.54) is 0 Å². The molecule has 1 N–H and O–H groups in total. The van der Waals surface area contributed by atoms with E-state index in [1.54, 1.807) is 0 Å². The predicted octanol–water partition coefficient (Wildman–Crippen LogP) is 1.21. The molecule has 0 radical (unpaired) electrons. The first-order valence-corrected chi connectivity index (χ1v) is 6.71. The highest BCUT2D eigenvalue weighted by molar-refractivity contribution is 7.92. The van der Waals surface area contributed by atoms with Gasteiger partial charge in [0, 0.05) is 12.6 Å². The third-order valence-corrected chi connectivity index (χ3v) is 3.29. The molecule has 0 spiro atoms. The highest BCUT2D eigenvalue weighted by Crippen LogP contribution is 2.23. The molecule has 0 heterocycles. The molecule has 0 aliphatic carbocycles. The largest absolute Gasteiger partial charge is 0.481 e. The van der Waals surface area contributed by atoms with Gasteiger partial charge in [-0.3, -0.25) is 9.10 Å². The standard InChI is InChI=1S/C10H11F2NO4S/c1-18(16,17)13(5-4-10(14)15)9-6-7(11)2-3-8(9)12/h2-3,6H,4-5H2,1H3,(H,14,15). The summed E-state index contributed by atoms with van der Waals surface area (Å²) in [5.74, 6) is -2.98. The van der Waals surface area contributed by atoms with E-state index in [4.69, 9.17) is 5.11 Å². The maximum atomic E-state index is 13.5. The number of rotatable bonds is 5. The zero-order valence-corrected chi connectivity index (χ0v) is 10.2. The number of carbonyl (C=O) groups is 1. The highest BCUT2D eigenvalue weighted by Gasteiger charge is 2.22. The Morgan fingerprint density at radius 3 is 2.50 bits per heavy atom. The van der Waals surface area contributed by atoms with Crippen molar-refractivity contribution in [3.05, 3.63) is 29.8 Å². The Hall–Kier alpha value is -1.70. The van der Waals surface area contributed by atoms with Crippen LogP contribution in [-0.4, -0.2) is 32.3 Å². The molecule has 0 amide bonds. The van der Waals surface area contributed by atoms with Crippen LogP contribution in [0.4, 0.5) is 14.5 Å². The molecule has 18 heavy (non-hydrogen) atoms. The number of nitrogens with zero attached hydrogens (tertiary/aromatic N) is 1. The second-order valence-corrected chi connectivity index (χ2v) is 5.48. The number of hydrogen-bond acceptors (Lipinski definition) is 3. The molecule has 1 aromatic carbocycles. The van der Waals surface area contributed by atoms with Crippen LogP contribution in [-0.2, 0) is 14.8 Å². The van der Waals surface area contributed by atoms with Gasteiger partial charge in [0.05, 0.1) is 18.4 Å². The number of aliphatic carboxylic acids is 1. The van der Waals surface area contributed by atoms with Crippen LogP contribution >= 0.6 is 0 Å². The number of halogens is 2. The molecule has 0 aliphatic heterocycles. The van der Waals surface area contributed by atoms with Gasteiger partial charge in [-0.15, -0.1) is 0 Å². The summed E-state index contributed by atoms with van der Waals surface area (Å²) in [5.41, 5.74) is -0.501. The smallest absolute Gasteiger partial charge is 0.305 e. The minimum atomic E-state index is -3.89. The van der Waals surface area contributed by atoms with Gasteiger partial charge in [0.2, 0.25) is 10.0 Å². The summed E-state index contributed by atoms with van der Waals surface area (Å²) in [7, 11) is -3.89. The Kier molecular flexibility index (Phi) is 4.23. The van der Waals surface area contributed by atoms with Crippen molar-refractivity contribution < 1.29 is 27.1 Å². The molecule has 100 valence electrons. The molecular formula is C10H11F2NO4S. The first kappa shape index (κ1) is 14.4. The topological polar surface area (TPSA) is 74.7 Å². The van der Waals surface area contributed by atoms with Gasteiger partial charge in [-0.1, -0.05) is 0 Å². The van der Waals surface area contributed by atoms with Gasteiger partial charge >= 0.3 is 5.97 Å². The number of carboxylic acids is 1. The Morgan fingerprint density at radius 2 is 2.00 bits per heavy atom. The number of carboxylic acid groups (broad SMARTS) is 1. The van der Waals surface area contributed by atoms with Crippen molar-refractivity contribution in [1.29, 1.82) is 0 Å². The van der Waals surface area contributed by atoms with Crippen molar-refractivity contribution in [2.75, 3.05) is 17.1 Å². The number of anilines is 1. The number of benzene rings is 1. The van der Waals surface area contributed by atoms with Crippen molar-refractivity contribution in [1.82, 2.24) is 0 Å². The van der Waals surface area contributed by atoms with E-state index in [0.29, 0.717) is 10.4 Å². The normalized spacial score (nSPS) is 11.3. The predicted molar refractivity (Wildman–Crippen MR) is 60.8 cm³/mol. The minimum absolute atomic E-state index is 0.464. The molecule has 0 fully saturated rings. The van der Waals surface area contributed by atoms with Gasteiger partial charge in [0.1, 0.15) is 11.6 Å². The lowest BCUT2D eigenvalue weighted by molar-refractivity contribution is -0.136. The fraction of sp³-hybridized carbons (Fsp3) is 0.300. The second-order valence-electron chi connectivity index (χ2n) is 3.57. The average molecular weight is 279 g/mol. The average Bonchev–Trinajstić information content (AvgIpc) is 2.21. The van der Waals surface area contributed by atoms with Crippen LogP contribution in [0.1, 0.15) is 6.42 Å². The molecule has 0 unspecified atom stereocenters. The van der Waals surface area contributed by atoms with E-state index < -0.39 is 46.3 Å². The van der Waals surface area contributed by atoms with Crippen molar-refractivity contribution in [2.45, 2.75) is 6.42 Å². The number of sulfonamides is 1. The minimum Gasteiger partial charge on any atom is -0.481 e. The van der Waals surface area contributed by atoms with Crippen LogP contribution in [0.25, 0.3) is 0 Å². The third-order valence-electron chi connectivity index (χ3n) is 2.11. The van der Waals surface area contributed by atoms with Crippen LogP contribution in [0.3, 0.4) is 0 Å². The molecule has 5 nitrogen and oxygen atoms in total. The highest BCUT2D eigenvalue weighted by atomic mass is 32.2. The third kappa shape index (κ3) is 3.66. The van der Waals surface area contributed by atoms with Gasteiger partial charge in [0.15, 0.2) is 0 Å². The molecule has 0 aliphatic rings. The summed E-state index contributed by atoms with van der Waals surface area (Å²) < 4.78 is 49.9. The molecule has 1 aromatic rings. The fourth-order valence-electron chi connectivity index (χ4n) is 1.34. The Labute approximate surface area is 103 Å². The van der Waals surface area contributed by atoms with Crippen LogP contribution in [0, 0.1) is 11.6 Å². The van der Waals surface area contributed by atoms with E-state index >= 15 is 0 Å². The van der Waals surface area contributed by atoms with Crippen molar-refractivity contribution in [2.24, 2.45) is 0 Å². The quantitative estimate of drug-likeness (QED) is 0.879. The SMILES string of the molecule is CS(=O)(=O)N(CCC(=O)O)c1cc(F)ccc1F.